The molecule has 0 saturated heterocycles. The van der Waals surface area contributed by atoms with Crippen LogP contribution in [0, 0.1) is 0 Å². The number of ketones is 1. The molecule has 1 aliphatic carbocycles. The van der Waals surface area contributed by atoms with Gasteiger partial charge in [0.05, 0.1) is 6.42 Å². The summed E-state index contributed by atoms with van der Waals surface area (Å²) in [4.78, 5) is 29.2. The summed E-state index contributed by atoms with van der Waals surface area (Å²) in [5.41, 5.74) is 1.93. The number of hydrogen-bond donors (Lipinski definition) is 0. The number of carbonyl (C=O) groups excluding carboxylic acids is 2. The molecular formula is C23H28O4Si. The van der Waals surface area contributed by atoms with Gasteiger partial charge in [-0.05, 0) is 34.8 Å². The number of rotatable bonds is 8. The van der Waals surface area contributed by atoms with Crippen LogP contribution in [0.25, 0.3) is 10.8 Å². The van der Waals surface area contributed by atoms with Gasteiger partial charge in [0.15, 0.2) is 5.78 Å². The Bertz CT molecular complexity index is 898. The van der Waals surface area contributed by atoms with Crippen LogP contribution in [-0.2, 0) is 19.1 Å². The maximum atomic E-state index is 12.2. The van der Waals surface area contributed by atoms with Crippen LogP contribution in [0.5, 0.6) is 0 Å². The van der Waals surface area contributed by atoms with Crippen LogP contribution in [0.3, 0.4) is 0 Å². The van der Waals surface area contributed by atoms with Crippen molar-refractivity contribution >= 4 is 30.8 Å². The third-order valence-electron chi connectivity index (χ3n) is 6.02. The first-order valence-corrected chi connectivity index (χ1v) is 12.5. The average molecular weight is 397 g/mol. The van der Waals surface area contributed by atoms with Crippen LogP contribution in [0.15, 0.2) is 54.1 Å². The van der Waals surface area contributed by atoms with Gasteiger partial charge in [0, 0.05) is 17.5 Å². The van der Waals surface area contributed by atoms with Crippen LogP contribution < -0.4 is 0 Å². The molecular weight excluding hydrogens is 368 g/mol. The van der Waals surface area contributed by atoms with Crippen LogP contribution >= 0.6 is 0 Å². The van der Waals surface area contributed by atoms with Crippen molar-refractivity contribution in [2.24, 2.45) is 0 Å². The van der Waals surface area contributed by atoms with Crippen LogP contribution in [0.2, 0.25) is 12.1 Å². The molecule has 1 atom stereocenters. The predicted octanol–water partition coefficient (Wildman–Crippen LogP) is 5.62. The lowest BCUT2D eigenvalue weighted by atomic mass is 10.1. The summed E-state index contributed by atoms with van der Waals surface area (Å²) in [6.07, 6.45) is 3.03. The summed E-state index contributed by atoms with van der Waals surface area (Å²) >= 11 is 0. The Kier molecular flexibility index (Phi) is 6.47. The normalized spacial score (nSPS) is 15.5. The molecule has 148 valence electrons. The quantitative estimate of drug-likeness (QED) is 0.330. The molecule has 1 unspecified atom stereocenters. The van der Waals surface area contributed by atoms with Crippen molar-refractivity contribution in [1.29, 1.82) is 0 Å². The molecule has 5 heteroatoms. The summed E-state index contributed by atoms with van der Waals surface area (Å²) in [6, 6.07) is 16.5. The molecule has 0 radical (unpaired) electrons. The van der Waals surface area contributed by atoms with E-state index in [2.05, 4.69) is 51.1 Å². The molecule has 0 aliphatic heterocycles. The van der Waals surface area contributed by atoms with E-state index in [0.717, 1.165) is 12.1 Å². The third kappa shape index (κ3) is 4.26. The first-order chi connectivity index (χ1) is 13.5. The maximum absolute atomic E-state index is 12.2. The van der Waals surface area contributed by atoms with E-state index in [-0.39, 0.29) is 17.7 Å². The van der Waals surface area contributed by atoms with Gasteiger partial charge in [0.25, 0.3) is 8.32 Å². The standard InChI is InChI=1S/C23H28O4Si/c1-4-28(5-2,27-26-23(25)16-21-11-8-12-22(21)24)17(3)19-14-13-18-9-6-7-10-20(18)15-19/h6-7,9-11,13-15,17H,4-5,8,12,16H2,1-3H3. The molecule has 0 aromatic heterocycles. The Hall–Kier alpha value is -2.24. The molecule has 1 aliphatic rings. The fraction of sp³-hybridized carbons (Fsp3) is 0.391. The Balaban J connectivity index is 1.74. The molecule has 4 nitrogen and oxygen atoms in total. The number of allylic oxidation sites excluding steroid dienone is 1. The van der Waals surface area contributed by atoms with E-state index >= 15 is 0 Å². The number of benzene rings is 2. The van der Waals surface area contributed by atoms with Gasteiger partial charge in [-0.25, -0.2) is 9.37 Å². The summed E-state index contributed by atoms with van der Waals surface area (Å²) in [5.74, 6) is -0.443. The van der Waals surface area contributed by atoms with E-state index in [4.69, 9.17) is 9.46 Å². The zero-order valence-corrected chi connectivity index (χ0v) is 17.9. The fourth-order valence-corrected chi connectivity index (χ4v) is 7.12. The summed E-state index contributed by atoms with van der Waals surface area (Å²) in [6.45, 7) is 6.37. The second-order valence-corrected chi connectivity index (χ2v) is 12.1. The molecule has 0 saturated carbocycles. The van der Waals surface area contributed by atoms with Crippen molar-refractivity contribution in [2.45, 2.75) is 57.7 Å². The molecule has 0 bridgehead atoms. The lowest BCUT2D eigenvalue weighted by molar-refractivity contribution is -0.221. The highest BCUT2D eigenvalue weighted by atomic mass is 28.4. The largest absolute Gasteiger partial charge is 0.345 e. The minimum atomic E-state index is -2.36. The second-order valence-electron chi connectivity index (χ2n) is 7.51. The zero-order chi connectivity index (χ0) is 20.1. The molecule has 0 spiro atoms. The van der Waals surface area contributed by atoms with Gasteiger partial charge in [0.1, 0.15) is 0 Å². The van der Waals surface area contributed by atoms with E-state index < -0.39 is 14.3 Å². The first kappa shape index (κ1) is 20.5. The number of fused-ring (bicyclic) bond motifs is 1. The SMILES string of the molecule is CC[Si](CC)(OOC(=O)CC1=CCCC1=O)C(C)c1ccc2ccccc2c1. The molecule has 0 amide bonds. The first-order valence-electron chi connectivity index (χ1n) is 10.1. The Morgan fingerprint density at radius 3 is 2.46 bits per heavy atom. The van der Waals surface area contributed by atoms with Gasteiger partial charge >= 0.3 is 5.97 Å². The lowest BCUT2D eigenvalue weighted by Gasteiger charge is -2.33. The van der Waals surface area contributed by atoms with E-state index in [1.165, 1.54) is 16.3 Å². The Morgan fingerprint density at radius 2 is 1.82 bits per heavy atom. The molecule has 28 heavy (non-hydrogen) atoms. The number of hydrogen-bond acceptors (Lipinski definition) is 4. The van der Waals surface area contributed by atoms with Gasteiger partial charge in [-0.2, -0.15) is 0 Å². The van der Waals surface area contributed by atoms with E-state index in [0.29, 0.717) is 18.4 Å². The van der Waals surface area contributed by atoms with E-state index in [1.807, 2.05) is 18.2 Å². The van der Waals surface area contributed by atoms with E-state index in [1.54, 1.807) is 0 Å². The van der Waals surface area contributed by atoms with Crippen molar-refractivity contribution in [3.8, 4) is 0 Å². The molecule has 0 N–H and O–H groups in total. The van der Waals surface area contributed by atoms with Crippen LogP contribution in [0.4, 0.5) is 0 Å². The van der Waals surface area contributed by atoms with Crippen LogP contribution in [-0.4, -0.2) is 20.1 Å². The number of carbonyl (C=O) groups is 2. The van der Waals surface area contributed by atoms with Crippen molar-refractivity contribution in [1.82, 2.24) is 0 Å². The maximum Gasteiger partial charge on any atom is 0.345 e. The minimum absolute atomic E-state index is 0.00109. The number of Topliss-reactive ketones (excluding diaryl/α,β-unsaturated/α-hetero) is 1. The van der Waals surface area contributed by atoms with Crippen molar-refractivity contribution in [3.63, 3.8) is 0 Å². The molecule has 2 aromatic carbocycles. The minimum Gasteiger partial charge on any atom is -0.310 e. The average Bonchev–Trinajstić information content (AvgIpc) is 3.13. The smallest absolute Gasteiger partial charge is 0.310 e. The summed E-state index contributed by atoms with van der Waals surface area (Å²) in [5, 5.41) is 2.41. The van der Waals surface area contributed by atoms with Gasteiger partial charge in [-0.3, -0.25) is 4.79 Å². The Labute approximate surface area is 167 Å². The highest BCUT2D eigenvalue weighted by Gasteiger charge is 2.42. The van der Waals surface area contributed by atoms with E-state index in [9.17, 15) is 9.59 Å². The van der Waals surface area contributed by atoms with Crippen molar-refractivity contribution < 1.29 is 19.1 Å². The topological polar surface area (TPSA) is 52.6 Å². The third-order valence-corrected chi connectivity index (χ3v) is 10.7. The highest BCUT2D eigenvalue weighted by molar-refractivity contribution is 6.74. The molecule has 0 fully saturated rings. The van der Waals surface area contributed by atoms with Crippen molar-refractivity contribution in [2.75, 3.05) is 0 Å². The molecule has 2 aromatic rings. The molecule has 0 heterocycles. The van der Waals surface area contributed by atoms with Crippen LogP contribution in [0.1, 0.15) is 51.1 Å². The fourth-order valence-electron chi connectivity index (χ4n) is 3.97. The van der Waals surface area contributed by atoms with Gasteiger partial charge < -0.3 is 4.89 Å². The van der Waals surface area contributed by atoms with Gasteiger partial charge in [-0.1, -0.05) is 69.3 Å². The highest BCUT2D eigenvalue weighted by Crippen LogP contribution is 2.35. The zero-order valence-electron chi connectivity index (χ0n) is 16.9. The second kappa shape index (κ2) is 8.84. The summed E-state index contributed by atoms with van der Waals surface area (Å²) < 4.78 is 5.91. The molecule has 3 rings (SSSR count). The van der Waals surface area contributed by atoms with Crippen molar-refractivity contribution in [3.05, 3.63) is 59.7 Å². The summed E-state index contributed by atoms with van der Waals surface area (Å²) in [7, 11) is -2.36. The monoisotopic (exact) mass is 396 g/mol. The van der Waals surface area contributed by atoms with Gasteiger partial charge in [0.2, 0.25) is 0 Å². The predicted molar refractivity (Wildman–Crippen MR) is 113 cm³/mol. The van der Waals surface area contributed by atoms with Gasteiger partial charge in [-0.15, -0.1) is 0 Å². The Morgan fingerprint density at radius 1 is 1.11 bits per heavy atom. The lowest BCUT2D eigenvalue weighted by Crippen LogP contribution is -2.43.